The number of nitrogens with one attached hydrogen (secondary N) is 1. The molecule has 0 fully saturated rings. The fourth-order valence-electron chi connectivity index (χ4n) is 1.28. The minimum absolute atomic E-state index is 0.0713. The predicted molar refractivity (Wildman–Crippen MR) is 60.2 cm³/mol. The van der Waals surface area contributed by atoms with Gasteiger partial charge in [-0.15, -0.1) is 0 Å². The molecule has 0 unspecified atom stereocenters. The average molecular weight is 224 g/mol. The zero-order chi connectivity index (χ0) is 12.0. The lowest BCUT2D eigenvalue weighted by Gasteiger charge is -2.04. The quantitative estimate of drug-likeness (QED) is 0.534. The van der Waals surface area contributed by atoms with Crippen LogP contribution in [0.3, 0.4) is 0 Å². The van der Waals surface area contributed by atoms with Crippen LogP contribution in [-0.2, 0) is 11.2 Å². The summed E-state index contributed by atoms with van der Waals surface area (Å²) in [4.78, 5) is 11.2. The van der Waals surface area contributed by atoms with Gasteiger partial charge in [-0.1, -0.05) is 6.07 Å². The van der Waals surface area contributed by atoms with E-state index >= 15 is 0 Å². The van der Waals surface area contributed by atoms with E-state index in [1.54, 1.807) is 6.07 Å². The Morgan fingerprint density at radius 1 is 1.31 bits per heavy atom. The van der Waals surface area contributed by atoms with E-state index in [9.17, 15) is 9.90 Å². The molecule has 0 heterocycles. The Morgan fingerprint density at radius 3 is 2.69 bits per heavy atom. The summed E-state index contributed by atoms with van der Waals surface area (Å²) < 4.78 is 0. The molecule has 5 nitrogen and oxygen atoms in total. The van der Waals surface area contributed by atoms with Crippen molar-refractivity contribution in [3.05, 3.63) is 23.8 Å². The minimum atomic E-state index is -0.167. The number of benzene rings is 1. The van der Waals surface area contributed by atoms with Crippen LogP contribution in [0.1, 0.15) is 12.0 Å². The third-order valence-corrected chi connectivity index (χ3v) is 2.15. The Kier molecular flexibility index (Phi) is 4.60. The van der Waals surface area contributed by atoms with Gasteiger partial charge in [-0.2, -0.15) is 0 Å². The molecule has 0 radical (unpaired) electrons. The third-order valence-electron chi connectivity index (χ3n) is 2.15. The fourth-order valence-corrected chi connectivity index (χ4v) is 1.28. The molecule has 0 aromatic heterocycles. The topological polar surface area (TPSA) is 95.6 Å². The molecule has 88 valence electrons. The molecule has 1 aromatic rings. The molecule has 0 spiro atoms. The van der Waals surface area contributed by atoms with Gasteiger partial charge in [-0.3, -0.25) is 4.79 Å². The van der Waals surface area contributed by atoms with Crippen LogP contribution >= 0.6 is 0 Å². The number of phenols is 2. The summed E-state index contributed by atoms with van der Waals surface area (Å²) in [6.45, 7) is 0.894. The summed E-state index contributed by atoms with van der Waals surface area (Å²) in [7, 11) is 0. The van der Waals surface area contributed by atoms with E-state index in [4.69, 9.17) is 10.8 Å². The maximum Gasteiger partial charge on any atom is 0.220 e. The Bertz CT molecular complexity index is 366. The Balaban J connectivity index is 2.42. The summed E-state index contributed by atoms with van der Waals surface area (Å²) in [5.41, 5.74) is 6.05. The highest BCUT2D eigenvalue weighted by atomic mass is 16.3. The van der Waals surface area contributed by atoms with Crippen molar-refractivity contribution in [3.63, 3.8) is 0 Å². The number of nitrogens with two attached hydrogens (primary N) is 1. The molecule has 5 heteroatoms. The first-order valence-electron chi connectivity index (χ1n) is 5.11. The van der Waals surface area contributed by atoms with Gasteiger partial charge >= 0.3 is 0 Å². The van der Waals surface area contributed by atoms with Crippen LogP contribution in [0, 0.1) is 0 Å². The summed E-state index contributed by atoms with van der Waals surface area (Å²) in [6.07, 6.45) is 0.856. The van der Waals surface area contributed by atoms with Crippen LogP contribution in [0.25, 0.3) is 0 Å². The number of phenolic OH excluding ortho intramolecular Hbond substituents is 2. The van der Waals surface area contributed by atoms with Crippen LogP contribution in [0.5, 0.6) is 11.5 Å². The summed E-state index contributed by atoms with van der Waals surface area (Å²) in [5, 5.41) is 21.0. The van der Waals surface area contributed by atoms with Crippen LogP contribution < -0.4 is 11.1 Å². The van der Waals surface area contributed by atoms with Gasteiger partial charge in [0.1, 0.15) is 0 Å². The first-order valence-corrected chi connectivity index (χ1v) is 5.11. The number of rotatable bonds is 5. The van der Waals surface area contributed by atoms with Gasteiger partial charge in [0.2, 0.25) is 5.91 Å². The lowest BCUT2D eigenvalue weighted by molar-refractivity contribution is -0.120. The molecule has 0 atom stereocenters. The Labute approximate surface area is 93.9 Å². The first kappa shape index (κ1) is 12.3. The number of amides is 1. The average Bonchev–Trinajstić information content (AvgIpc) is 2.28. The smallest absolute Gasteiger partial charge is 0.220 e. The Hall–Kier alpha value is -1.75. The molecule has 0 bridgehead atoms. The maximum atomic E-state index is 11.2. The molecular formula is C11H16N2O3. The van der Waals surface area contributed by atoms with Gasteiger partial charge in [-0.05, 0) is 24.1 Å². The van der Waals surface area contributed by atoms with Crippen LogP contribution in [0.2, 0.25) is 0 Å². The van der Waals surface area contributed by atoms with Crippen molar-refractivity contribution in [2.45, 2.75) is 12.8 Å². The van der Waals surface area contributed by atoms with Gasteiger partial charge in [0.15, 0.2) is 11.5 Å². The van der Waals surface area contributed by atoms with E-state index in [0.717, 1.165) is 5.56 Å². The van der Waals surface area contributed by atoms with E-state index in [2.05, 4.69) is 5.32 Å². The van der Waals surface area contributed by atoms with Gasteiger partial charge < -0.3 is 21.3 Å². The van der Waals surface area contributed by atoms with E-state index in [1.165, 1.54) is 12.1 Å². The predicted octanol–water partition coefficient (Wildman–Crippen LogP) is 0.105. The molecule has 1 aromatic carbocycles. The summed E-state index contributed by atoms with van der Waals surface area (Å²) >= 11 is 0. The lowest BCUT2D eigenvalue weighted by Crippen LogP contribution is -2.29. The van der Waals surface area contributed by atoms with Gasteiger partial charge in [-0.25, -0.2) is 0 Å². The zero-order valence-corrected chi connectivity index (χ0v) is 8.94. The molecule has 0 aliphatic carbocycles. The molecular weight excluding hydrogens is 208 g/mol. The molecule has 0 aliphatic rings. The van der Waals surface area contributed by atoms with Gasteiger partial charge in [0.05, 0.1) is 0 Å². The van der Waals surface area contributed by atoms with Crippen molar-refractivity contribution in [1.82, 2.24) is 5.32 Å². The molecule has 1 rings (SSSR count). The SMILES string of the molecule is NCCNC(=O)CCc1ccc(O)c(O)c1. The molecule has 1 amide bonds. The molecule has 0 saturated carbocycles. The van der Waals surface area contributed by atoms with Crippen molar-refractivity contribution in [2.75, 3.05) is 13.1 Å². The molecule has 16 heavy (non-hydrogen) atoms. The van der Waals surface area contributed by atoms with Crippen LogP contribution in [-0.4, -0.2) is 29.2 Å². The largest absolute Gasteiger partial charge is 0.504 e. The highest BCUT2D eigenvalue weighted by molar-refractivity contribution is 5.76. The molecule has 0 saturated heterocycles. The summed E-state index contributed by atoms with van der Waals surface area (Å²) in [5.74, 6) is -0.394. The van der Waals surface area contributed by atoms with Gasteiger partial charge in [0.25, 0.3) is 0 Å². The zero-order valence-electron chi connectivity index (χ0n) is 8.94. The maximum absolute atomic E-state index is 11.2. The first-order chi connectivity index (χ1) is 7.63. The van der Waals surface area contributed by atoms with Crippen molar-refractivity contribution < 1.29 is 15.0 Å². The fraction of sp³-hybridized carbons (Fsp3) is 0.364. The van der Waals surface area contributed by atoms with E-state index in [0.29, 0.717) is 25.9 Å². The van der Waals surface area contributed by atoms with Gasteiger partial charge in [0, 0.05) is 19.5 Å². The third kappa shape index (κ3) is 3.78. The normalized spacial score (nSPS) is 10.1. The lowest BCUT2D eigenvalue weighted by atomic mass is 10.1. The number of hydrogen-bond acceptors (Lipinski definition) is 4. The monoisotopic (exact) mass is 224 g/mol. The van der Waals surface area contributed by atoms with E-state index in [1.807, 2.05) is 0 Å². The van der Waals surface area contributed by atoms with Crippen molar-refractivity contribution >= 4 is 5.91 Å². The number of aryl methyl sites for hydroxylation is 1. The van der Waals surface area contributed by atoms with Crippen molar-refractivity contribution in [3.8, 4) is 11.5 Å². The highest BCUT2D eigenvalue weighted by Crippen LogP contribution is 2.25. The van der Waals surface area contributed by atoms with E-state index in [-0.39, 0.29) is 17.4 Å². The second-order valence-electron chi connectivity index (χ2n) is 3.46. The molecule has 5 N–H and O–H groups in total. The minimum Gasteiger partial charge on any atom is -0.504 e. The number of carbonyl (C=O) groups excluding carboxylic acids is 1. The van der Waals surface area contributed by atoms with E-state index < -0.39 is 0 Å². The highest BCUT2D eigenvalue weighted by Gasteiger charge is 2.04. The number of hydrogen-bond donors (Lipinski definition) is 4. The Morgan fingerprint density at radius 2 is 2.06 bits per heavy atom. The summed E-state index contributed by atoms with van der Waals surface area (Å²) in [6, 6.07) is 4.53. The van der Waals surface area contributed by atoms with Crippen molar-refractivity contribution in [1.29, 1.82) is 0 Å². The van der Waals surface area contributed by atoms with Crippen LogP contribution in [0.15, 0.2) is 18.2 Å². The number of carbonyl (C=O) groups is 1. The second-order valence-corrected chi connectivity index (χ2v) is 3.46. The van der Waals surface area contributed by atoms with Crippen molar-refractivity contribution in [2.24, 2.45) is 5.73 Å². The standard InChI is InChI=1S/C11H16N2O3/c12-5-6-13-11(16)4-2-8-1-3-9(14)10(15)7-8/h1,3,7,14-15H,2,4-6,12H2,(H,13,16). The number of aromatic hydroxyl groups is 2. The molecule has 0 aliphatic heterocycles. The second kappa shape index (κ2) is 5.97. The van der Waals surface area contributed by atoms with Crippen LogP contribution in [0.4, 0.5) is 0 Å².